The summed E-state index contributed by atoms with van der Waals surface area (Å²) in [6.07, 6.45) is -10.5. The topological polar surface area (TPSA) is 152 Å². The molecule has 5 aromatic rings. The fourth-order valence-electron chi connectivity index (χ4n) is 6.63. The number of amides is 2. The molecule has 0 aliphatic heterocycles. The van der Waals surface area contributed by atoms with Gasteiger partial charge in [0.05, 0.1) is 11.1 Å². The molecule has 0 saturated heterocycles. The first kappa shape index (κ1) is 54.7. The van der Waals surface area contributed by atoms with Crippen LogP contribution in [0.1, 0.15) is 59.7 Å². The van der Waals surface area contributed by atoms with Gasteiger partial charge in [0.1, 0.15) is 11.5 Å². The highest BCUT2D eigenvalue weighted by Gasteiger charge is 2.31. The van der Waals surface area contributed by atoms with Crippen molar-refractivity contribution in [3.63, 3.8) is 0 Å². The number of ether oxygens (including phenoxy) is 4. The molecule has 0 aromatic heterocycles. The molecular weight excluding hydrogens is 915 g/mol. The monoisotopic (exact) mass is 968 g/mol. The Labute approximate surface area is 396 Å². The van der Waals surface area contributed by atoms with Crippen LogP contribution in [0.15, 0.2) is 127 Å². The predicted molar refractivity (Wildman–Crippen MR) is 242 cm³/mol. The molecule has 0 saturated carbocycles. The smallest absolute Gasteiger partial charge is 0.416 e. The van der Waals surface area contributed by atoms with E-state index in [1.807, 2.05) is 37.3 Å². The number of carboxylic acids is 2. The molecule has 2 atom stereocenters. The van der Waals surface area contributed by atoms with Crippen molar-refractivity contribution in [2.75, 3.05) is 33.0 Å². The number of carbonyl (C=O) groups is 4. The van der Waals surface area contributed by atoms with Crippen LogP contribution in [0.25, 0.3) is 0 Å². The lowest BCUT2D eigenvalue weighted by molar-refractivity contribution is -0.150. The Morgan fingerprint density at radius 2 is 0.812 bits per heavy atom. The molecule has 0 heterocycles. The molecule has 0 fully saturated rings. The number of likely N-dealkylation sites (N-methyl/N-ethyl adjacent to an activating group) is 1. The van der Waals surface area contributed by atoms with Gasteiger partial charge in [0.25, 0.3) is 11.8 Å². The molecular formula is C51H54F6N2O10. The molecule has 0 spiro atoms. The average molecular weight is 969 g/mol. The third-order valence-electron chi connectivity index (χ3n) is 10.3. The first-order valence-corrected chi connectivity index (χ1v) is 21.8. The van der Waals surface area contributed by atoms with Crippen molar-refractivity contribution >= 4 is 23.8 Å². The minimum atomic E-state index is -4.53. The molecule has 12 nitrogen and oxygen atoms in total. The van der Waals surface area contributed by atoms with Crippen LogP contribution >= 0.6 is 0 Å². The molecule has 370 valence electrons. The van der Waals surface area contributed by atoms with E-state index in [9.17, 15) is 50.6 Å². The molecule has 5 aromatic carbocycles. The summed E-state index contributed by atoms with van der Waals surface area (Å²) in [5, 5.41) is 18.4. The zero-order valence-electron chi connectivity index (χ0n) is 38.2. The van der Waals surface area contributed by atoms with E-state index in [1.54, 1.807) is 67.3 Å². The van der Waals surface area contributed by atoms with E-state index in [2.05, 4.69) is 0 Å². The molecule has 2 amide bonds. The molecule has 0 radical (unpaired) electrons. The number of rotatable bonds is 23. The number of aliphatic carboxylic acids is 2. The van der Waals surface area contributed by atoms with Gasteiger partial charge in [-0.25, -0.2) is 9.59 Å². The largest absolute Gasteiger partial charge is 0.484 e. The lowest BCUT2D eigenvalue weighted by atomic mass is 10.1. The summed E-state index contributed by atoms with van der Waals surface area (Å²) in [7, 11) is 0. The predicted octanol–water partition coefficient (Wildman–Crippen LogP) is 9.51. The van der Waals surface area contributed by atoms with E-state index in [-0.39, 0.29) is 45.1 Å². The van der Waals surface area contributed by atoms with Crippen molar-refractivity contribution in [1.82, 2.24) is 9.80 Å². The summed E-state index contributed by atoms with van der Waals surface area (Å²) in [5.41, 5.74) is 1.61. The van der Waals surface area contributed by atoms with Crippen LogP contribution in [0.5, 0.6) is 11.5 Å². The van der Waals surface area contributed by atoms with E-state index in [4.69, 9.17) is 24.1 Å². The standard InChI is InChI=1S/C29H27F6NO5.C22H27NO5/c1-2-40-25(27(38)39)15-19-7-13-24(14-8-19)41-18-26(37)36(16-20-3-9-22(10-4-20)28(30,31)32)17-21-5-11-23(12-6-21)29(33,34)35;1-3-23(15-18-8-6-5-7-9-18)21(24)16-28-19-12-10-17(11-13-19)14-20(22(25)26)27-4-2/h3-14,25H,2,15-18H2,1H3,(H,38,39);5-13,20H,3-4,14-16H2,1-2H3,(H,25,26)/t25-;20-/m00/s1. The fourth-order valence-corrected chi connectivity index (χ4v) is 6.63. The second-order valence-electron chi connectivity index (χ2n) is 15.4. The number of hydrogen-bond donors (Lipinski definition) is 2. The first-order chi connectivity index (χ1) is 32.8. The van der Waals surface area contributed by atoms with Crippen LogP contribution < -0.4 is 9.47 Å². The number of halogens is 6. The number of carboxylic acid groups (broad SMARTS) is 2. The van der Waals surface area contributed by atoms with E-state index in [1.165, 1.54) is 29.2 Å². The minimum Gasteiger partial charge on any atom is -0.484 e. The Kier molecular flexibility index (Phi) is 21.1. The molecule has 5 rings (SSSR count). The lowest BCUT2D eigenvalue weighted by Gasteiger charge is -2.24. The highest BCUT2D eigenvalue weighted by molar-refractivity contribution is 5.78. The molecule has 0 bridgehead atoms. The van der Waals surface area contributed by atoms with E-state index >= 15 is 0 Å². The first-order valence-electron chi connectivity index (χ1n) is 21.8. The zero-order chi connectivity index (χ0) is 50.6. The molecule has 2 N–H and O–H groups in total. The van der Waals surface area contributed by atoms with Crippen LogP contribution in [0.2, 0.25) is 0 Å². The quantitative estimate of drug-likeness (QED) is 0.0606. The Balaban J connectivity index is 0.000000323. The third-order valence-corrected chi connectivity index (χ3v) is 10.3. The minimum absolute atomic E-state index is 0.0449. The molecule has 0 aliphatic rings. The molecule has 69 heavy (non-hydrogen) atoms. The highest BCUT2D eigenvalue weighted by atomic mass is 19.4. The molecule has 0 unspecified atom stereocenters. The summed E-state index contributed by atoms with van der Waals surface area (Å²) in [5.74, 6) is -1.86. The van der Waals surface area contributed by atoms with Gasteiger partial charge in [-0.15, -0.1) is 0 Å². The maximum Gasteiger partial charge on any atom is 0.416 e. The van der Waals surface area contributed by atoms with Crippen LogP contribution in [0, 0.1) is 0 Å². The van der Waals surface area contributed by atoms with Gasteiger partial charge in [0, 0.05) is 52.2 Å². The van der Waals surface area contributed by atoms with Crippen molar-refractivity contribution in [2.45, 2.75) is 77.8 Å². The summed E-state index contributed by atoms with van der Waals surface area (Å²) in [4.78, 5) is 51.0. The van der Waals surface area contributed by atoms with Crippen molar-refractivity contribution in [2.24, 2.45) is 0 Å². The third kappa shape index (κ3) is 18.6. The number of carbonyl (C=O) groups excluding carboxylic acids is 2. The zero-order valence-corrected chi connectivity index (χ0v) is 38.2. The van der Waals surface area contributed by atoms with Crippen LogP contribution in [0.4, 0.5) is 26.3 Å². The summed E-state index contributed by atoms with van der Waals surface area (Å²) in [6.45, 7) is 6.37. The highest BCUT2D eigenvalue weighted by Crippen LogP contribution is 2.31. The van der Waals surface area contributed by atoms with Gasteiger partial charge in [0.2, 0.25) is 0 Å². The van der Waals surface area contributed by atoms with Gasteiger partial charge in [-0.3, -0.25) is 9.59 Å². The van der Waals surface area contributed by atoms with Crippen molar-refractivity contribution < 1.29 is 74.7 Å². The number of alkyl halides is 6. The number of nitrogens with zero attached hydrogens (tertiary/aromatic N) is 2. The Morgan fingerprint density at radius 3 is 1.14 bits per heavy atom. The summed E-state index contributed by atoms with van der Waals surface area (Å²) >= 11 is 0. The number of hydrogen-bond acceptors (Lipinski definition) is 8. The van der Waals surface area contributed by atoms with E-state index < -0.39 is 60.1 Å². The summed E-state index contributed by atoms with van der Waals surface area (Å²) in [6, 6.07) is 31.6. The maximum atomic E-state index is 13.1. The Bertz CT molecular complexity index is 2300. The SMILES string of the molecule is CCO[C@@H](Cc1ccc(OCC(=O)N(CC)Cc2ccccc2)cc1)C(=O)O.CCO[C@@H](Cc1ccc(OCC(=O)N(Cc2ccc(C(F)(F)F)cc2)Cc2ccc(C(F)(F)F)cc2)cc1)C(=O)O. The van der Waals surface area contributed by atoms with Crippen LogP contribution in [0.3, 0.4) is 0 Å². The van der Waals surface area contributed by atoms with Gasteiger partial charge in [-0.2, -0.15) is 26.3 Å². The van der Waals surface area contributed by atoms with Crippen LogP contribution in [-0.4, -0.2) is 88.9 Å². The maximum absolute atomic E-state index is 13.1. The lowest BCUT2D eigenvalue weighted by Crippen LogP contribution is -2.34. The second-order valence-corrected chi connectivity index (χ2v) is 15.4. The van der Waals surface area contributed by atoms with Gasteiger partial charge >= 0.3 is 24.3 Å². The fraction of sp³-hybridized carbons (Fsp3) is 0.333. The molecule has 18 heteroatoms. The average Bonchev–Trinajstić information content (AvgIpc) is 3.32. The van der Waals surface area contributed by atoms with Gasteiger partial charge in [0.15, 0.2) is 25.4 Å². The summed E-state index contributed by atoms with van der Waals surface area (Å²) < 4.78 is 99.2. The normalized spacial score (nSPS) is 12.2. The van der Waals surface area contributed by atoms with Crippen LogP contribution in [-0.2, 0) is 73.5 Å². The van der Waals surface area contributed by atoms with Gasteiger partial charge < -0.3 is 39.0 Å². The van der Waals surface area contributed by atoms with E-state index in [0.717, 1.165) is 35.4 Å². The second kappa shape index (κ2) is 26.6. The van der Waals surface area contributed by atoms with Crippen molar-refractivity contribution in [3.8, 4) is 11.5 Å². The van der Waals surface area contributed by atoms with Gasteiger partial charge in [-0.05, 0) is 97.1 Å². The van der Waals surface area contributed by atoms with Gasteiger partial charge in [-0.1, -0.05) is 78.9 Å². The van der Waals surface area contributed by atoms with Crippen molar-refractivity contribution in [3.05, 3.63) is 166 Å². The van der Waals surface area contributed by atoms with Crippen molar-refractivity contribution in [1.29, 1.82) is 0 Å². The Morgan fingerprint density at radius 1 is 0.478 bits per heavy atom. The molecule has 0 aliphatic carbocycles. The Hall–Kier alpha value is -6.92. The number of benzene rings is 5. The van der Waals surface area contributed by atoms with E-state index in [0.29, 0.717) is 47.9 Å².